The molecule has 2 rings (SSSR count). The quantitative estimate of drug-likeness (QED) is 0.644. The highest BCUT2D eigenvalue weighted by Gasteiger charge is 1.96. The van der Waals surface area contributed by atoms with E-state index in [0.717, 1.165) is 11.3 Å². The zero-order valence-electron chi connectivity index (χ0n) is 8.90. The molecule has 2 aromatic rings. The first-order valence-electron chi connectivity index (χ1n) is 5.05. The highest BCUT2D eigenvalue weighted by atomic mass is 35.5. The Bertz CT molecular complexity index is 524. The normalized spacial score (nSPS) is 10.7. The van der Waals surface area contributed by atoms with Gasteiger partial charge in [0.15, 0.2) is 0 Å². The van der Waals surface area contributed by atoms with Crippen molar-refractivity contribution in [3.05, 3.63) is 64.1 Å². The number of benzene rings is 2. The number of hydrogen-bond acceptors (Lipinski definition) is 2. The first-order chi connectivity index (χ1) is 8.25. The summed E-state index contributed by atoms with van der Waals surface area (Å²) in [6.07, 6.45) is 1.69. The summed E-state index contributed by atoms with van der Waals surface area (Å²) in [5.74, 6) is 0. The maximum atomic E-state index is 5.90. The molecule has 0 saturated heterocycles. The lowest BCUT2D eigenvalue weighted by molar-refractivity contribution is 1.35. The van der Waals surface area contributed by atoms with Crippen LogP contribution in [0.1, 0.15) is 5.56 Å². The predicted molar refractivity (Wildman–Crippen MR) is 74.1 cm³/mol. The van der Waals surface area contributed by atoms with Gasteiger partial charge < -0.3 is 0 Å². The standard InChI is InChI=1S/C13H10Cl2N2/c14-12-7-6-10(8-13(12)15)9-16-17-11-4-2-1-3-5-11/h1-9,17H/b16-9-. The number of hydrazone groups is 1. The fourth-order valence-electron chi connectivity index (χ4n) is 1.29. The second kappa shape index (κ2) is 5.71. The van der Waals surface area contributed by atoms with Crippen molar-refractivity contribution in [3.63, 3.8) is 0 Å². The topological polar surface area (TPSA) is 24.4 Å². The molecule has 0 saturated carbocycles. The molecule has 17 heavy (non-hydrogen) atoms. The van der Waals surface area contributed by atoms with Gasteiger partial charge in [-0.15, -0.1) is 0 Å². The third kappa shape index (κ3) is 3.48. The van der Waals surface area contributed by atoms with E-state index in [4.69, 9.17) is 23.2 Å². The molecule has 0 amide bonds. The summed E-state index contributed by atoms with van der Waals surface area (Å²) in [7, 11) is 0. The lowest BCUT2D eigenvalue weighted by atomic mass is 10.2. The molecule has 0 aliphatic carbocycles. The number of para-hydroxylation sites is 1. The van der Waals surface area contributed by atoms with Gasteiger partial charge in [0.2, 0.25) is 0 Å². The van der Waals surface area contributed by atoms with Gasteiger partial charge in [-0.05, 0) is 29.8 Å². The van der Waals surface area contributed by atoms with Crippen molar-refractivity contribution in [2.45, 2.75) is 0 Å². The van der Waals surface area contributed by atoms with Crippen LogP contribution in [0.5, 0.6) is 0 Å². The van der Waals surface area contributed by atoms with Gasteiger partial charge in [0.25, 0.3) is 0 Å². The molecule has 4 heteroatoms. The summed E-state index contributed by atoms with van der Waals surface area (Å²) in [6.45, 7) is 0. The van der Waals surface area contributed by atoms with Gasteiger partial charge in [0, 0.05) is 0 Å². The van der Waals surface area contributed by atoms with Crippen molar-refractivity contribution >= 4 is 35.1 Å². The largest absolute Gasteiger partial charge is 0.279 e. The molecular formula is C13H10Cl2N2. The molecule has 2 aromatic carbocycles. The molecular weight excluding hydrogens is 255 g/mol. The molecule has 0 radical (unpaired) electrons. The lowest BCUT2D eigenvalue weighted by Crippen LogP contribution is -1.90. The first-order valence-corrected chi connectivity index (χ1v) is 5.80. The molecule has 2 nitrogen and oxygen atoms in total. The number of nitrogens with one attached hydrogen (secondary N) is 1. The first kappa shape index (κ1) is 12.0. The monoisotopic (exact) mass is 264 g/mol. The lowest BCUT2D eigenvalue weighted by Gasteiger charge is -1.99. The van der Waals surface area contributed by atoms with E-state index >= 15 is 0 Å². The Kier molecular flexibility index (Phi) is 4.02. The fraction of sp³-hybridized carbons (Fsp3) is 0. The Morgan fingerprint density at radius 1 is 0.941 bits per heavy atom. The van der Waals surface area contributed by atoms with E-state index in [9.17, 15) is 0 Å². The molecule has 0 aromatic heterocycles. The average molecular weight is 265 g/mol. The summed E-state index contributed by atoms with van der Waals surface area (Å²) in [4.78, 5) is 0. The second-order valence-electron chi connectivity index (χ2n) is 3.41. The van der Waals surface area contributed by atoms with Crippen LogP contribution in [0.25, 0.3) is 0 Å². The minimum Gasteiger partial charge on any atom is -0.279 e. The summed E-state index contributed by atoms with van der Waals surface area (Å²) in [6, 6.07) is 15.1. The molecule has 0 spiro atoms. The Balaban J connectivity index is 2.03. The highest BCUT2D eigenvalue weighted by Crippen LogP contribution is 2.21. The van der Waals surface area contributed by atoms with Crippen LogP contribution >= 0.6 is 23.2 Å². The van der Waals surface area contributed by atoms with Crippen LogP contribution in [-0.4, -0.2) is 6.21 Å². The molecule has 1 N–H and O–H groups in total. The van der Waals surface area contributed by atoms with Crippen LogP contribution in [0.15, 0.2) is 53.6 Å². The van der Waals surface area contributed by atoms with Crippen LogP contribution in [0, 0.1) is 0 Å². The number of anilines is 1. The molecule has 0 heterocycles. The van der Waals surface area contributed by atoms with Crippen LogP contribution in [0.3, 0.4) is 0 Å². The Morgan fingerprint density at radius 2 is 1.71 bits per heavy atom. The maximum absolute atomic E-state index is 5.90. The van der Waals surface area contributed by atoms with Gasteiger partial charge in [0.05, 0.1) is 21.9 Å². The zero-order chi connectivity index (χ0) is 12.1. The van der Waals surface area contributed by atoms with Crippen LogP contribution in [0.4, 0.5) is 5.69 Å². The van der Waals surface area contributed by atoms with Crippen molar-refractivity contribution in [2.24, 2.45) is 5.10 Å². The fourth-order valence-corrected chi connectivity index (χ4v) is 1.59. The second-order valence-corrected chi connectivity index (χ2v) is 4.22. The summed E-state index contributed by atoms with van der Waals surface area (Å²) in [5, 5.41) is 5.17. The SMILES string of the molecule is Clc1ccc(/C=N\Nc2ccccc2)cc1Cl. The van der Waals surface area contributed by atoms with Crippen molar-refractivity contribution in [3.8, 4) is 0 Å². The third-order valence-electron chi connectivity index (χ3n) is 2.12. The van der Waals surface area contributed by atoms with E-state index in [1.807, 2.05) is 36.4 Å². The third-order valence-corrected chi connectivity index (χ3v) is 2.86. The minimum atomic E-state index is 0.523. The smallest absolute Gasteiger partial charge is 0.0598 e. The number of hydrogen-bond donors (Lipinski definition) is 1. The van der Waals surface area contributed by atoms with E-state index in [-0.39, 0.29) is 0 Å². The van der Waals surface area contributed by atoms with Crippen molar-refractivity contribution in [2.75, 3.05) is 5.43 Å². The van der Waals surface area contributed by atoms with Crippen molar-refractivity contribution in [1.82, 2.24) is 0 Å². The van der Waals surface area contributed by atoms with Gasteiger partial charge >= 0.3 is 0 Å². The van der Waals surface area contributed by atoms with E-state index in [1.165, 1.54) is 0 Å². The van der Waals surface area contributed by atoms with Gasteiger partial charge in [-0.2, -0.15) is 5.10 Å². The summed E-state index contributed by atoms with van der Waals surface area (Å²) >= 11 is 11.7. The van der Waals surface area contributed by atoms with E-state index in [0.29, 0.717) is 10.0 Å². The van der Waals surface area contributed by atoms with Crippen LogP contribution < -0.4 is 5.43 Å². The molecule has 0 aliphatic heterocycles. The molecule has 0 fully saturated rings. The van der Waals surface area contributed by atoms with Crippen LogP contribution in [0.2, 0.25) is 10.0 Å². The van der Waals surface area contributed by atoms with E-state index < -0.39 is 0 Å². The predicted octanol–water partition coefficient (Wildman–Crippen LogP) is 4.44. The van der Waals surface area contributed by atoms with E-state index in [2.05, 4.69) is 10.5 Å². The van der Waals surface area contributed by atoms with Crippen molar-refractivity contribution < 1.29 is 0 Å². The number of nitrogens with zero attached hydrogens (tertiary/aromatic N) is 1. The van der Waals surface area contributed by atoms with Crippen LogP contribution in [-0.2, 0) is 0 Å². The van der Waals surface area contributed by atoms with E-state index in [1.54, 1.807) is 18.3 Å². The zero-order valence-corrected chi connectivity index (χ0v) is 10.4. The van der Waals surface area contributed by atoms with Gasteiger partial charge in [-0.25, -0.2) is 0 Å². The number of halogens is 2. The Labute approximate surface area is 110 Å². The highest BCUT2D eigenvalue weighted by molar-refractivity contribution is 6.42. The minimum absolute atomic E-state index is 0.523. The van der Waals surface area contributed by atoms with Gasteiger partial charge in [-0.1, -0.05) is 47.5 Å². The van der Waals surface area contributed by atoms with Gasteiger partial charge in [-0.3, -0.25) is 5.43 Å². The number of rotatable bonds is 3. The molecule has 0 unspecified atom stereocenters. The Morgan fingerprint density at radius 3 is 2.41 bits per heavy atom. The van der Waals surface area contributed by atoms with Crippen molar-refractivity contribution in [1.29, 1.82) is 0 Å². The molecule has 0 atom stereocenters. The molecule has 0 aliphatic rings. The Hall–Kier alpha value is -1.51. The maximum Gasteiger partial charge on any atom is 0.0598 e. The molecule has 0 bridgehead atoms. The average Bonchev–Trinajstić information content (AvgIpc) is 2.35. The van der Waals surface area contributed by atoms with Gasteiger partial charge in [0.1, 0.15) is 0 Å². The molecule has 86 valence electrons. The summed E-state index contributed by atoms with van der Waals surface area (Å²) in [5.41, 5.74) is 4.75. The summed E-state index contributed by atoms with van der Waals surface area (Å²) < 4.78 is 0.